The van der Waals surface area contributed by atoms with Crippen molar-refractivity contribution in [3.63, 3.8) is 0 Å². The second kappa shape index (κ2) is 8.35. The molecule has 1 heterocycles. The van der Waals surface area contributed by atoms with E-state index in [1.54, 1.807) is 0 Å². The summed E-state index contributed by atoms with van der Waals surface area (Å²) in [6, 6.07) is 4.99. The Kier molecular flexibility index (Phi) is 5.50. The van der Waals surface area contributed by atoms with Gasteiger partial charge in [0.05, 0.1) is 22.7 Å². The molecule has 3 saturated carbocycles. The molecule has 3 aliphatic carbocycles. The number of ketones is 1. The molecule has 33 heavy (non-hydrogen) atoms. The maximum atomic E-state index is 13.0. The average Bonchev–Trinajstić information content (AvgIpc) is 3.51. The molecule has 1 aromatic carbocycles. The van der Waals surface area contributed by atoms with E-state index >= 15 is 0 Å². The van der Waals surface area contributed by atoms with Gasteiger partial charge in [-0.05, 0) is 68.9 Å². The van der Waals surface area contributed by atoms with Crippen molar-refractivity contribution in [2.75, 3.05) is 6.61 Å². The Morgan fingerprint density at radius 1 is 0.939 bits per heavy atom. The van der Waals surface area contributed by atoms with Crippen LogP contribution in [0.4, 0.5) is 5.69 Å². The normalized spacial score (nSPS) is 32.7. The Bertz CT molecular complexity index is 984. The van der Waals surface area contributed by atoms with Gasteiger partial charge >= 0.3 is 5.97 Å². The van der Waals surface area contributed by atoms with Crippen molar-refractivity contribution in [2.45, 2.75) is 51.0 Å². The van der Waals surface area contributed by atoms with Gasteiger partial charge < -0.3 is 4.74 Å². The largest absolute Gasteiger partial charge is 0.457 e. The molecule has 0 N–H and O–H groups in total. The standard InChI is InChI=1S/C24H26N2O7/c27-19(13-3-9-18(10-4-13)26(31)32)12-33-24(30)14-5-7-17(8-6-14)25-22(28)20-15-1-2-16(11-15)21(20)23(25)29/h3-4,9-10,14-17,20-21H,1-2,5-8,11-12H2/t14?,15-,16-,17?,20-,21-/m0/s1. The Hall–Kier alpha value is -3.10. The molecular formula is C24H26N2O7. The number of esters is 1. The third-order valence-electron chi connectivity index (χ3n) is 8.10. The summed E-state index contributed by atoms with van der Waals surface area (Å²) in [6.07, 6.45) is 5.27. The molecule has 1 aliphatic heterocycles. The van der Waals surface area contributed by atoms with Crippen molar-refractivity contribution in [1.29, 1.82) is 0 Å². The lowest BCUT2D eigenvalue weighted by molar-refractivity contribution is -0.384. The molecule has 1 saturated heterocycles. The summed E-state index contributed by atoms with van der Waals surface area (Å²) in [6.45, 7) is -0.425. The topological polar surface area (TPSA) is 124 Å². The number of nitro benzene ring substituents is 1. The van der Waals surface area contributed by atoms with Crippen molar-refractivity contribution < 1.29 is 28.8 Å². The number of ether oxygens (including phenoxy) is 1. The van der Waals surface area contributed by atoms with Crippen molar-refractivity contribution in [3.05, 3.63) is 39.9 Å². The molecule has 2 bridgehead atoms. The second-order valence-corrected chi connectivity index (χ2v) is 9.77. The molecule has 5 rings (SSSR count). The van der Waals surface area contributed by atoms with Gasteiger partial charge in [-0.2, -0.15) is 0 Å². The Morgan fingerprint density at radius 3 is 2.06 bits per heavy atom. The van der Waals surface area contributed by atoms with Crippen LogP contribution in [0.15, 0.2) is 24.3 Å². The number of nitro groups is 1. The zero-order valence-electron chi connectivity index (χ0n) is 18.2. The van der Waals surface area contributed by atoms with Crippen LogP contribution in [-0.2, 0) is 19.1 Å². The number of nitrogens with zero attached hydrogens (tertiary/aromatic N) is 2. The monoisotopic (exact) mass is 454 g/mol. The third-order valence-corrected chi connectivity index (χ3v) is 8.10. The molecule has 174 valence electrons. The third kappa shape index (κ3) is 3.73. The van der Waals surface area contributed by atoms with Gasteiger partial charge in [-0.3, -0.25) is 34.2 Å². The number of carbonyl (C=O) groups excluding carboxylic acids is 4. The molecule has 4 aliphatic rings. The number of carbonyl (C=O) groups is 4. The second-order valence-electron chi connectivity index (χ2n) is 9.77. The Morgan fingerprint density at radius 2 is 1.52 bits per heavy atom. The summed E-state index contributed by atoms with van der Waals surface area (Å²) in [5.74, 6) is -0.779. The molecule has 9 heteroatoms. The number of Topliss-reactive ketones (excluding diaryl/α,β-unsaturated/α-hetero) is 1. The predicted molar refractivity (Wildman–Crippen MR) is 114 cm³/mol. The van der Waals surface area contributed by atoms with E-state index in [2.05, 4.69) is 0 Å². The summed E-state index contributed by atoms with van der Waals surface area (Å²) in [7, 11) is 0. The van der Waals surface area contributed by atoms with E-state index in [0.717, 1.165) is 19.3 Å². The van der Waals surface area contributed by atoms with Crippen LogP contribution in [0, 0.1) is 39.7 Å². The summed E-state index contributed by atoms with van der Waals surface area (Å²) >= 11 is 0. The summed E-state index contributed by atoms with van der Waals surface area (Å²) in [5.41, 5.74) is 0.120. The van der Waals surface area contributed by atoms with Gasteiger partial charge in [0.15, 0.2) is 12.4 Å². The van der Waals surface area contributed by atoms with E-state index in [0.29, 0.717) is 37.5 Å². The lowest BCUT2D eigenvalue weighted by Gasteiger charge is -2.33. The quantitative estimate of drug-likeness (QED) is 0.213. The molecule has 4 atom stereocenters. The van der Waals surface area contributed by atoms with E-state index in [9.17, 15) is 29.3 Å². The van der Waals surface area contributed by atoms with Gasteiger partial charge in [0.2, 0.25) is 11.8 Å². The van der Waals surface area contributed by atoms with Crippen LogP contribution in [0.2, 0.25) is 0 Å². The first-order chi connectivity index (χ1) is 15.8. The molecule has 1 aromatic rings. The van der Waals surface area contributed by atoms with Crippen molar-refractivity contribution >= 4 is 29.3 Å². The number of fused-ring (bicyclic) bond motifs is 5. The smallest absolute Gasteiger partial charge is 0.309 e. The predicted octanol–water partition coefficient (Wildman–Crippen LogP) is 2.91. The highest BCUT2D eigenvalue weighted by atomic mass is 16.6. The number of amides is 2. The Balaban J connectivity index is 1.12. The van der Waals surface area contributed by atoms with Crippen LogP contribution < -0.4 is 0 Å². The highest BCUT2D eigenvalue weighted by molar-refractivity contribution is 6.06. The van der Waals surface area contributed by atoms with Gasteiger partial charge in [-0.1, -0.05) is 0 Å². The van der Waals surface area contributed by atoms with Gasteiger partial charge in [-0.15, -0.1) is 0 Å². The molecule has 0 spiro atoms. The van der Waals surface area contributed by atoms with Crippen LogP contribution in [-0.4, -0.2) is 46.0 Å². The van der Waals surface area contributed by atoms with Gasteiger partial charge in [-0.25, -0.2) is 0 Å². The first kappa shape index (κ1) is 21.7. The summed E-state index contributed by atoms with van der Waals surface area (Å²) < 4.78 is 5.21. The first-order valence-corrected chi connectivity index (χ1v) is 11.7. The SMILES string of the molecule is O=C(COC(=O)C1CCC(N2C(=O)[C@H]3[C@H]4CC[C@@H](C4)[C@@H]3C2=O)CC1)c1ccc([N+](=O)[O-])cc1. The lowest BCUT2D eigenvalue weighted by Crippen LogP contribution is -2.44. The lowest BCUT2D eigenvalue weighted by atomic mass is 9.81. The molecule has 9 nitrogen and oxygen atoms in total. The molecule has 0 radical (unpaired) electrons. The maximum absolute atomic E-state index is 13.0. The summed E-state index contributed by atoms with van der Waals surface area (Å²) in [4.78, 5) is 62.4. The first-order valence-electron chi connectivity index (χ1n) is 11.7. The molecular weight excluding hydrogens is 428 g/mol. The van der Waals surface area contributed by atoms with E-state index in [1.165, 1.54) is 29.2 Å². The number of likely N-dealkylation sites (tertiary alicyclic amines) is 1. The number of imide groups is 1. The zero-order chi connectivity index (χ0) is 23.3. The minimum Gasteiger partial charge on any atom is -0.457 e. The minimum atomic E-state index is -0.551. The molecule has 0 aromatic heterocycles. The molecule has 4 fully saturated rings. The fourth-order valence-corrected chi connectivity index (χ4v) is 6.47. The van der Waals surface area contributed by atoms with E-state index in [4.69, 9.17) is 4.74 Å². The fourth-order valence-electron chi connectivity index (χ4n) is 6.47. The van der Waals surface area contributed by atoms with Crippen LogP contribution in [0.5, 0.6) is 0 Å². The highest BCUT2D eigenvalue weighted by Gasteiger charge is 2.61. The maximum Gasteiger partial charge on any atom is 0.309 e. The van der Waals surface area contributed by atoms with Crippen LogP contribution >= 0.6 is 0 Å². The molecule has 2 amide bonds. The van der Waals surface area contributed by atoms with E-state index < -0.39 is 23.3 Å². The van der Waals surface area contributed by atoms with Crippen LogP contribution in [0.3, 0.4) is 0 Å². The number of rotatable bonds is 6. The minimum absolute atomic E-state index is 0.00285. The Labute approximate surface area is 190 Å². The fraction of sp³-hybridized carbons (Fsp3) is 0.583. The number of non-ortho nitro benzene ring substituents is 1. The van der Waals surface area contributed by atoms with Gasteiger partial charge in [0.1, 0.15) is 0 Å². The number of hydrogen-bond acceptors (Lipinski definition) is 7. The van der Waals surface area contributed by atoms with Crippen molar-refractivity contribution in [3.8, 4) is 0 Å². The van der Waals surface area contributed by atoms with Crippen LogP contribution in [0.25, 0.3) is 0 Å². The van der Waals surface area contributed by atoms with E-state index in [1.807, 2.05) is 0 Å². The van der Waals surface area contributed by atoms with Gasteiger partial charge in [0.25, 0.3) is 5.69 Å². The van der Waals surface area contributed by atoms with Crippen molar-refractivity contribution in [1.82, 2.24) is 4.90 Å². The summed E-state index contributed by atoms with van der Waals surface area (Å²) in [5, 5.41) is 10.7. The highest BCUT2D eigenvalue weighted by Crippen LogP contribution is 2.56. The number of benzene rings is 1. The van der Waals surface area contributed by atoms with E-state index in [-0.39, 0.29) is 46.9 Å². The average molecular weight is 454 g/mol. The van der Waals surface area contributed by atoms with Crippen molar-refractivity contribution in [2.24, 2.45) is 29.6 Å². The number of hydrogen-bond donors (Lipinski definition) is 0. The van der Waals surface area contributed by atoms with Crippen LogP contribution in [0.1, 0.15) is 55.3 Å². The zero-order valence-corrected chi connectivity index (χ0v) is 18.2. The molecule has 0 unspecified atom stereocenters. The van der Waals surface area contributed by atoms with Gasteiger partial charge in [0, 0.05) is 23.7 Å².